The number of nitrogens with zero attached hydrogens (tertiary/aromatic N) is 4. The predicted octanol–water partition coefficient (Wildman–Crippen LogP) is 3.75. The number of pyridine rings is 1. The number of fused-ring (bicyclic) bond motifs is 1. The van der Waals surface area contributed by atoms with Gasteiger partial charge in [-0.3, -0.25) is 4.98 Å². The Morgan fingerprint density at radius 1 is 1.27 bits per heavy atom. The Morgan fingerprint density at radius 3 is 2.91 bits per heavy atom. The van der Waals surface area contributed by atoms with Gasteiger partial charge in [-0.2, -0.15) is 0 Å². The second-order valence-corrected chi connectivity index (χ2v) is 5.57. The van der Waals surface area contributed by atoms with Gasteiger partial charge in [-0.15, -0.1) is 0 Å². The molecule has 0 radical (unpaired) electrons. The third kappa shape index (κ3) is 2.90. The van der Waals surface area contributed by atoms with E-state index in [-0.39, 0.29) is 5.82 Å². The molecule has 0 spiro atoms. The highest BCUT2D eigenvalue weighted by Gasteiger charge is 2.13. The van der Waals surface area contributed by atoms with E-state index >= 15 is 0 Å². The smallest absolute Gasteiger partial charge is 0.172 e. The molecule has 3 rings (SSSR count). The molecule has 0 bridgehead atoms. The molecule has 22 heavy (non-hydrogen) atoms. The van der Waals surface area contributed by atoms with Crippen molar-refractivity contribution in [3.63, 3.8) is 0 Å². The Bertz CT molecular complexity index is 773. The van der Waals surface area contributed by atoms with Crippen molar-refractivity contribution in [2.75, 3.05) is 18.5 Å². The maximum atomic E-state index is 14.6. The molecule has 0 unspecified atom stereocenters. The summed E-state index contributed by atoms with van der Waals surface area (Å²) in [5.74, 6) is -0.329. The van der Waals surface area contributed by atoms with Crippen molar-refractivity contribution in [3.05, 3.63) is 54.0 Å². The third-order valence-corrected chi connectivity index (χ3v) is 3.99. The molecule has 2 heterocycles. The molecule has 6 heteroatoms. The molecule has 114 valence electrons. The molecular weight excluding hydrogens is 303 g/mol. The van der Waals surface area contributed by atoms with Crippen LogP contribution in [0.4, 0.5) is 10.1 Å². The largest absolute Gasteiger partial charge is 0.372 e. The lowest BCUT2D eigenvalue weighted by Gasteiger charge is -2.20. The fraction of sp³-hybridized carbons (Fsp3) is 0.250. The molecule has 0 aliphatic heterocycles. The number of anilines is 1. The number of hydrogen-bond acceptors (Lipinski definition) is 3. The van der Waals surface area contributed by atoms with Crippen molar-refractivity contribution < 1.29 is 4.39 Å². The van der Waals surface area contributed by atoms with Crippen LogP contribution in [0.2, 0.25) is 5.02 Å². The molecule has 3 aromatic rings. The standard InChI is InChI=1S/C16H16ClFN4/c1-21(8-2-9-22-10-7-19-11-22)14-4-3-12-13(17)5-6-20-16(12)15(14)18/h3-7,10-11H,2,8-9H2,1H3. The van der Waals surface area contributed by atoms with Crippen LogP contribution in [0.3, 0.4) is 0 Å². The number of rotatable bonds is 5. The Kier molecular flexibility index (Phi) is 4.24. The van der Waals surface area contributed by atoms with E-state index in [2.05, 4.69) is 9.97 Å². The number of aryl methyl sites for hydroxylation is 1. The first kappa shape index (κ1) is 14.8. The number of hydrogen-bond donors (Lipinski definition) is 0. The third-order valence-electron chi connectivity index (χ3n) is 3.66. The summed E-state index contributed by atoms with van der Waals surface area (Å²) in [6.45, 7) is 1.59. The minimum Gasteiger partial charge on any atom is -0.372 e. The van der Waals surface area contributed by atoms with Gasteiger partial charge in [0, 0.05) is 44.1 Å². The molecule has 0 fully saturated rings. The van der Waals surface area contributed by atoms with Gasteiger partial charge in [0.05, 0.1) is 17.0 Å². The topological polar surface area (TPSA) is 34.0 Å². The summed E-state index contributed by atoms with van der Waals surface area (Å²) in [4.78, 5) is 10.0. The lowest BCUT2D eigenvalue weighted by Crippen LogP contribution is -2.21. The molecule has 0 aliphatic carbocycles. The van der Waals surface area contributed by atoms with Crippen LogP contribution < -0.4 is 4.90 Å². The Labute approximate surface area is 133 Å². The van der Waals surface area contributed by atoms with Crippen LogP contribution >= 0.6 is 11.6 Å². The van der Waals surface area contributed by atoms with Crippen LogP contribution in [0.5, 0.6) is 0 Å². The Morgan fingerprint density at radius 2 is 2.14 bits per heavy atom. The van der Waals surface area contributed by atoms with E-state index in [1.165, 1.54) is 6.20 Å². The Balaban J connectivity index is 1.76. The average Bonchev–Trinajstić information content (AvgIpc) is 3.02. The quantitative estimate of drug-likeness (QED) is 0.718. The van der Waals surface area contributed by atoms with Crippen LogP contribution in [0.25, 0.3) is 10.9 Å². The van der Waals surface area contributed by atoms with Crippen LogP contribution in [0.1, 0.15) is 6.42 Å². The van der Waals surface area contributed by atoms with Gasteiger partial charge in [0.2, 0.25) is 0 Å². The highest BCUT2D eigenvalue weighted by atomic mass is 35.5. The SMILES string of the molecule is CN(CCCn1ccnc1)c1ccc2c(Cl)ccnc2c1F. The second-order valence-electron chi connectivity index (χ2n) is 5.16. The fourth-order valence-corrected chi connectivity index (χ4v) is 2.67. The lowest BCUT2D eigenvalue weighted by molar-refractivity contribution is 0.612. The summed E-state index contributed by atoms with van der Waals surface area (Å²) in [6.07, 6.45) is 7.87. The van der Waals surface area contributed by atoms with Gasteiger partial charge in [-0.25, -0.2) is 9.37 Å². The molecule has 2 aromatic heterocycles. The second kappa shape index (κ2) is 6.32. The molecule has 0 N–H and O–H groups in total. The van der Waals surface area contributed by atoms with Crippen molar-refractivity contribution in [2.45, 2.75) is 13.0 Å². The van der Waals surface area contributed by atoms with Gasteiger partial charge in [-0.1, -0.05) is 11.6 Å². The van der Waals surface area contributed by atoms with Gasteiger partial charge >= 0.3 is 0 Å². The van der Waals surface area contributed by atoms with E-state index in [4.69, 9.17) is 11.6 Å². The summed E-state index contributed by atoms with van der Waals surface area (Å²) < 4.78 is 16.6. The van der Waals surface area contributed by atoms with Crippen LogP contribution in [0.15, 0.2) is 43.1 Å². The molecule has 4 nitrogen and oxygen atoms in total. The van der Waals surface area contributed by atoms with Gasteiger partial charge in [-0.05, 0) is 24.6 Å². The number of aromatic nitrogens is 3. The highest BCUT2D eigenvalue weighted by Crippen LogP contribution is 2.29. The van der Waals surface area contributed by atoms with Crippen LogP contribution in [-0.2, 0) is 6.54 Å². The number of benzene rings is 1. The molecule has 0 saturated carbocycles. The first-order chi connectivity index (χ1) is 10.7. The summed E-state index contributed by atoms with van der Waals surface area (Å²) in [5, 5.41) is 1.15. The molecule has 0 saturated heterocycles. The number of imidazole rings is 1. The van der Waals surface area contributed by atoms with E-state index in [1.54, 1.807) is 24.7 Å². The van der Waals surface area contributed by atoms with Crippen molar-refractivity contribution in [3.8, 4) is 0 Å². The number of halogens is 2. The lowest BCUT2D eigenvalue weighted by atomic mass is 10.1. The van der Waals surface area contributed by atoms with Gasteiger partial charge < -0.3 is 9.47 Å². The average molecular weight is 319 g/mol. The molecule has 0 aliphatic rings. The first-order valence-corrected chi connectivity index (χ1v) is 7.44. The van der Waals surface area contributed by atoms with E-state index in [0.717, 1.165) is 19.5 Å². The summed E-state index contributed by atoms with van der Waals surface area (Å²) >= 11 is 6.07. The zero-order chi connectivity index (χ0) is 15.5. The van der Waals surface area contributed by atoms with Crippen LogP contribution in [-0.4, -0.2) is 28.1 Å². The summed E-state index contributed by atoms with van der Waals surface area (Å²) in [7, 11) is 1.88. The zero-order valence-corrected chi connectivity index (χ0v) is 13.0. The maximum absolute atomic E-state index is 14.6. The Hall–Kier alpha value is -2.14. The van der Waals surface area contributed by atoms with E-state index in [1.807, 2.05) is 28.8 Å². The summed E-state index contributed by atoms with van der Waals surface area (Å²) in [6, 6.07) is 5.23. The van der Waals surface area contributed by atoms with E-state index in [9.17, 15) is 4.39 Å². The monoisotopic (exact) mass is 318 g/mol. The summed E-state index contributed by atoms with van der Waals surface area (Å²) in [5.41, 5.74) is 0.847. The minimum atomic E-state index is -0.329. The molecule has 0 amide bonds. The van der Waals surface area contributed by atoms with Crippen molar-refractivity contribution in [1.29, 1.82) is 0 Å². The first-order valence-electron chi connectivity index (χ1n) is 7.06. The maximum Gasteiger partial charge on any atom is 0.172 e. The predicted molar refractivity (Wildman–Crippen MR) is 86.8 cm³/mol. The van der Waals surface area contributed by atoms with Gasteiger partial charge in [0.15, 0.2) is 5.82 Å². The van der Waals surface area contributed by atoms with Crippen molar-refractivity contribution in [2.24, 2.45) is 0 Å². The normalized spacial score (nSPS) is 11.0. The van der Waals surface area contributed by atoms with Crippen molar-refractivity contribution >= 4 is 28.2 Å². The zero-order valence-electron chi connectivity index (χ0n) is 12.2. The highest BCUT2D eigenvalue weighted by molar-refractivity contribution is 6.35. The molecule has 1 aromatic carbocycles. The van der Waals surface area contributed by atoms with Crippen LogP contribution in [0, 0.1) is 5.82 Å². The minimum absolute atomic E-state index is 0.312. The van der Waals surface area contributed by atoms with Gasteiger partial charge in [0.1, 0.15) is 5.52 Å². The van der Waals surface area contributed by atoms with E-state index < -0.39 is 0 Å². The van der Waals surface area contributed by atoms with E-state index in [0.29, 0.717) is 21.6 Å². The molecular formula is C16H16ClFN4. The molecule has 0 atom stereocenters. The van der Waals surface area contributed by atoms with Gasteiger partial charge in [0.25, 0.3) is 0 Å². The fourth-order valence-electron chi connectivity index (χ4n) is 2.46. The van der Waals surface area contributed by atoms with Crippen molar-refractivity contribution in [1.82, 2.24) is 14.5 Å².